The first-order valence-electron chi connectivity index (χ1n) is 6.97. The summed E-state index contributed by atoms with van der Waals surface area (Å²) in [5.74, 6) is 0.763. The SMILES string of the molecule is COc1cc(CN)ccc1-c1nc(C(F)(F)F)cn1C1CC1. The normalized spacial score (nSPS) is 15.1. The molecule has 1 saturated carbocycles. The van der Waals surface area contributed by atoms with Gasteiger partial charge in [-0.15, -0.1) is 0 Å². The van der Waals surface area contributed by atoms with Gasteiger partial charge in [0.05, 0.1) is 12.7 Å². The monoisotopic (exact) mass is 311 g/mol. The van der Waals surface area contributed by atoms with Crippen molar-refractivity contribution in [1.82, 2.24) is 9.55 Å². The molecule has 1 aromatic heterocycles. The number of nitrogens with two attached hydrogens (primary N) is 1. The van der Waals surface area contributed by atoms with Gasteiger partial charge in [0.1, 0.15) is 11.6 Å². The number of nitrogens with zero attached hydrogens (tertiary/aromatic N) is 2. The summed E-state index contributed by atoms with van der Waals surface area (Å²) >= 11 is 0. The van der Waals surface area contributed by atoms with Gasteiger partial charge in [-0.25, -0.2) is 4.98 Å². The lowest BCUT2D eigenvalue weighted by Gasteiger charge is -2.11. The molecular formula is C15H16F3N3O. The number of aromatic nitrogens is 2. The number of ether oxygens (including phenoxy) is 1. The van der Waals surface area contributed by atoms with Crippen molar-refractivity contribution < 1.29 is 17.9 Å². The molecule has 4 nitrogen and oxygen atoms in total. The maximum absolute atomic E-state index is 13.0. The zero-order valence-corrected chi connectivity index (χ0v) is 12.0. The van der Waals surface area contributed by atoms with E-state index in [1.165, 1.54) is 7.11 Å². The second-order valence-corrected chi connectivity index (χ2v) is 5.32. The van der Waals surface area contributed by atoms with Crippen molar-refractivity contribution in [3.05, 3.63) is 35.7 Å². The van der Waals surface area contributed by atoms with Crippen LogP contribution in [0.2, 0.25) is 0 Å². The predicted molar refractivity (Wildman–Crippen MR) is 75.4 cm³/mol. The first-order valence-corrected chi connectivity index (χ1v) is 6.97. The van der Waals surface area contributed by atoms with E-state index in [0.717, 1.165) is 24.6 Å². The highest BCUT2D eigenvalue weighted by molar-refractivity contribution is 5.66. The highest BCUT2D eigenvalue weighted by Crippen LogP contribution is 2.42. The summed E-state index contributed by atoms with van der Waals surface area (Å²) in [6.07, 6.45) is -1.64. The van der Waals surface area contributed by atoms with E-state index >= 15 is 0 Å². The fourth-order valence-corrected chi connectivity index (χ4v) is 2.41. The van der Waals surface area contributed by atoms with E-state index in [4.69, 9.17) is 10.5 Å². The fraction of sp³-hybridized carbons (Fsp3) is 0.400. The average molecular weight is 311 g/mol. The molecule has 0 bridgehead atoms. The van der Waals surface area contributed by atoms with Crippen molar-refractivity contribution in [3.8, 4) is 17.1 Å². The number of halogens is 3. The molecule has 2 N–H and O–H groups in total. The van der Waals surface area contributed by atoms with Gasteiger partial charge in [0.25, 0.3) is 0 Å². The molecule has 0 radical (unpaired) electrons. The molecule has 118 valence electrons. The second-order valence-electron chi connectivity index (χ2n) is 5.32. The van der Waals surface area contributed by atoms with Crippen molar-refractivity contribution >= 4 is 0 Å². The van der Waals surface area contributed by atoms with Crippen molar-refractivity contribution in [2.45, 2.75) is 31.6 Å². The molecule has 1 aliphatic rings. The second kappa shape index (κ2) is 5.31. The van der Waals surface area contributed by atoms with Gasteiger partial charge < -0.3 is 15.0 Å². The lowest BCUT2D eigenvalue weighted by Crippen LogP contribution is -2.05. The Morgan fingerprint density at radius 3 is 2.64 bits per heavy atom. The minimum Gasteiger partial charge on any atom is -0.496 e. The van der Waals surface area contributed by atoms with Gasteiger partial charge in [0, 0.05) is 18.8 Å². The van der Waals surface area contributed by atoms with Crippen LogP contribution in [0, 0.1) is 0 Å². The third kappa shape index (κ3) is 2.68. The van der Waals surface area contributed by atoms with E-state index < -0.39 is 11.9 Å². The summed E-state index contributed by atoms with van der Waals surface area (Å²) in [7, 11) is 1.48. The van der Waals surface area contributed by atoms with Crippen LogP contribution in [0.15, 0.2) is 24.4 Å². The summed E-state index contributed by atoms with van der Waals surface area (Å²) in [4.78, 5) is 3.80. The van der Waals surface area contributed by atoms with Crippen molar-refractivity contribution in [1.29, 1.82) is 0 Å². The average Bonchev–Trinajstić information content (AvgIpc) is 3.23. The molecule has 0 amide bonds. The third-order valence-corrected chi connectivity index (χ3v) is 3.71. The Balaban J connectivity index is 2.13. The predicted octanol–water partition coefficient (Wildman–Crippen LogP) is 3.37. The van der Waals surface area contributed by atoms with E-state index in [1.807, 2.05) is 0 Å². The fourth-order valence-electron chi connectivity index (χ4n) is 2.41. The number of rotatable bonds is 4. The van der Waals surface area contributed by atoms with E-state index in [-0.39, 0.29) is 11.9 Å². The number of methoxy groups -OCH3 is 1. The smallest absolute Gasteiger partial charge is 0.434 e. The zero-order valence-electron chi connectivity index (χ0n) is 12.0. The number of hydrogen-bond donors (Lipinski definition) is 1. The number of alkyl halides is 3. The Bertz CT molecular complexity index is 690. The van der Waals surface area contributed by atoms with Crippen LogP contribution in [0.25, 0.3) is 11.4 Å². The van der Waals surface area contributed by atoms with Gasteiger partial charge in [-0.05, 0) is 30.5 Å². The van der Waals surface area contributed by atoms with E-state index in [1.54, 1.807) is 22.8 Å². The Morgan fingerprint density at radius 1 is 1.36 bits per heavy atom. The number of hydrogen-bond acceptors (Lipinski definition) is 3. The standard InChI is InChI=1S/C15H16F3N3O/c1-22-12-6-9(7-19)2-5-11(12)14-20-13(15(16,17)18)8-21(14)10-3-4-10/h2,5-6,8,10H,3-4,7,19H2,1H3. The van der Waals surface area contributed by atoms with Crippen LogP contribution >= 0.6 is 0 Å². The molecule has 1 fully saturated rings. The van der Waals surface area contributed by atoms with Crippen molar-refractivity contribution in [2.24, 2.45) is 5.73 Å². The number of benzene rings is 1. The molecule has 0 aliphatic heterocycles. The molecule has 1 aliphatic carbocycles. The molecular weight excluding hydrogens is 295 g/mol. The Hall–Kier alpha value is -2.02. The van der Waals surface area contributed by atoms with Gasteiger partial charge >= 0.3 is 6.18 Å². The Kier molecular flexibility index (Phi) is 3.60. The third-order valence-electron chi connectivity index (χ3n) is 3.71. The summed E-state index contributed by atoms with van der Waals surface area (Å²) in [5.41, 5.74) is 6.10. The van der Waals surface area contributed by atoms with E-state index in [9.17, 15) is 13.2 Å². The quantitative estimate of drug-likeness (QED) is 0.942. The van der Waals surface area contributed by atoms with E-state index in [2.05, 4.69) is 4.98 Å². The van der Waals surface area contributed by atoms with Crippen LogP contribution in [-0.2, 0) is 12.7 Å². The lowest BCUT2D eigenvalue weighted by atomic mass is 10.1. The summed E-state index contributed by atoms with van der Waals surface area (Å²) in [6, 6.07) is 5.30. The highest BCUT2D eigenvalue weighted by Gasteiger charge is 2.37. The largest absolute Gasteiger partial charge is 0.496 e. The van der Waals surface area contributed by atoms with Gasteiger partial charge in [0.15, 0.2) is 5.69 Å². The highest BCUT2D eigenvalue weighted by atomic mass is 19.4. The van der Waals surface area contributed by atoms with Gasteiger partial charge in [0.2, 0.25) is 0 Å². The van der Waals surface area contributed by atoms with Crippen LogP contribution < -0.4 is 10.5 Å². The molecule has 3 rings (SSSR count). The van der Waals surface area contributed by atoms with Crippen LogP contribution in [0.1, 0.15) is 30.1 Å². The van der Waals surface area contributed by atoms with Crippen molar-refractivity contribution in [2.75, 3.05) is 7.11 Å². The topological polar surface area (TPSA) is 53.1 Å². The van der Waals surface area contributed by atoms with Gasteiger partial charge in [-0.2, -0.15) is 13.2 Å². The van der Waals surface area contributed by atoms with Crippen LogP contribution in [0.3, 0.4) is 0 Å². The summed E-state index contributed by atoms with van der Waals surface area (Å²) < 4.78 is 45.8. The molecule has 1 heterocycles. The molecule has 0 saturated heterocycles. The molecule has 7 heteroatoms. The summed E-state index contributed by atoms with van der Waals surface area (Å²) in [5, 5.41) is 0. The van der Waals surface area contributed by atoms with Crippen LogP contribution in [0.5, 0.6) is 5.75 Å². The maximum atomic E-state index is 13.0. The molecule has 0 atom stereocenters. The number of imidazole rings is 1. The summed E-state index contributed by atoms with van der Waals surface area (Å²) in [6.45, 7) is 0.335. The van der Waals surface area contributed by atoms with Crippen LogP contribution in [-0.4, -0.2) is 16.7 Å². The molecule has 0 unspecified atom stereocenters. The first-order chi connectivity index (χ1) is 10.4. The molecule has 22 heavy (non-hydrogen) atoms. The maximum Gasteiger partial charge on any atom is 0.434 e. The van der Waals surface area contributed by atoms with Gasteiger partial charge in [-0.1, -0.05) is 6.07 Å². The zero-order chi connectivity index (χ0) is 15.9. The van der Waals surface area contributed by atoms with Crippen molar-refractivity contribution in [3.63, 3.8) is 0 Å². The lowest BCUT2D eigenvalue weighted by molar-refractivity contribution is -0.140. The first kappa shape index (κ1) is 14.9. The molecule has 1 aromatic carbocycles. The van der Waals surface area contributed by atoms with Gasteiger partial charge in [-0.3, -0.25) is 0 Å². The minimum absolute atomic E-state index is 0.0810. The Labute approximate surface area is 125 Å². The van der Waals surface area contributed by atoms with Crippen LogP contribution in [0.4, 0.5) is 13.2 Å². The van der Waals surface area contributed by atoms with E-state index in [0.29, 0.717) is 17.9 Å². The minimum atomic E-state index is -4.46. The molecule has 2 aromatic rings. The Morgan fingerprint density at radius 2 is 2.09 bits per heavy atom. The molecule has 0 spiro atoms.